The summed E-state index contributed by atoms with van der Waals surface area (Å²) in [6.07, 6.45) is 0. The molecule has 1 atom stereocenters. The SMILES string of the molecule is CC(=O)NC(CN(CC(C)C)C(C)C)C(=O)O. The molecular formula is C12H24N2O3. The van der Waals surface area contributed by atoms with E-state index in [1.807, 2.05) is 13.8 Å². The van der Waals surface area contributed by atoms with Crippen LogP contribution in [-0.4, -0.2) is 47.1 Å². The van der Waals surface area contributed by atoms with Crippen molar-refractivity contribution in [2.24, 2.45) is 5.92 Å². The summed E-state index contributed by atoms with van der Waals surface area (Å²) in [5.41, 5.74) is 0. The predicted octanol–water partition coefficient (Wildman–Crippen LogP) is 0.942. The molecule has 5 nitrogen and oxygen atoms in total. The highest BCUT2D eigenvalue weighted by molar-refractivity contribution is 5.82. The molecule has 0 aliphatic rings. The second-order valence-corrected chi connectivity index (χ2v) is 5.03. The first-order valence-corrected chi connectivity index (χ1v) is 5.98. The summed E-state index contributed by atoms with van der Waals surface area (Å²) < 4.78 is 0. The maximum atomic E-state index is 11.0. The Labute approximate surface area is 103 Å². The van der Waals surface area contributed by atoms with Gasteiger partial charge in [0.2, 0.25) is 5.91 Å². The number of carboxylic acid groups (broad SMARTS) is 1. The van der Waals surface area contributed by atoms with Gasteiger partial charge in [0.05, 0.1) is 0 Å². The van der Waals surface area contributed by atoms with E-state index in [-0.39, 0.29) is 11.9 Å². The van der Waals surface area contributed by atoms with E-state index in [0.717, 1.165) is 6.54 Å². The first-order chi connectivity index (χ1) is 7.73. The number of hydrogen-bond donors (Lipinski definition) is 2. The standard InChI is InChI=1S/C12H24N2O3/c1-8(2)6-14(9(3)4)7-11(12(16)17)13-10(5)15/h8-9,11H,6-7H2,1-5H3,(H,13,15)(H,16,17). The van der Waals surface area contributed by atoms with Gasteiger partial charge in [0.25, 0.3) is 0 Å². The number of carbonyl (C=O) groups is 2. The van der Waals surface area contributed by atoms with E-state index in [1.165, 1.54) is 6.92 Å². The fourth-order valence-corrected chi connectivity index (χ4v) is 1.63. The van der Waals surface area contributed by atoms with E-state index in [0.29, 0.717) is 12.5 Å². The van der Waals surface area contributed by atoms with Crippen LogP contribution in [0.2, 0.25) is 0 Å². The molecule has 2 N–H and O–H groups in total. The molecule has 0 fully saturated rings. The fourth-order valence-electron chi connectivity index (χ4n) is 1.63. The minimum absolute atomic E-state index is 0.257. The van der Waals surface area contributed by atoms with Crippen molar-refractivity contribution in [2.45, 2.75) is 46.7 Å². The molecule has 5 heteroatoms. The lowest BCUT2D eigenvalue weighted by atomic mass is 10.1. The quantitative estimate of drug-likeness (QED) is 0.699. The Bertz CT molecular complexity index is 264. The lowest BCUT2D eigenvalue weighted by molar-refractivity contribution is -0.142. The van der Waals surface area contributed by atoms with E-state index < -0.39 is 12.0 Å². The van der Waals surface area contributed by atoms with Crippen molar-refractivity contribution in [3.05, 3.63) is 0 Å². The largest absolute Gasteiger partial charge is 0.480 e. The zero-order chi connectivity index (χ0) is 13.6. The summed E-state index contributed by atoms with van der Waals surface area (Å²) in [5.74, 6) is -0.843. The van der Waals surface area contributed by atoms with Crippen LogP contribution in [0.25, 0.3) is 0 Å². The molecule has 0 aliphatic heterocycles. The van der Waals surface area contributed by atoms with Gasteiger partial charge in [-0.15, -0.1) is 0 Å². The summed E-state index contributed by atoms with van der Waals surface area (Å²) in [6.45, 7) is 10.7. The molecule has 100 valence electrons. The van der Waals surface area contributed by atoms with Crippen LogP contribution < -0.4 is 5.32 Å². The summed E-state index contributed by atoms with van der Waals surface area (Å²) in [6, 6.07) is -0.582. The fraction of sp³-hybridized carbons (Fsp3) is 0.833. The topological polar surface area (TPSA) is 69.6 Å². The van der Waals surface area contributed by atoms with Gasteiger partial charge in [-0.25, -0.2) is 4.79 Å². The van der Waals surface area contributed by atoms with Crippen LogP contribution >= 0.6 is 0 Å². The Morgan fingerprint density at radius 3 is 2.00 bits per heavy atom. The maximum Gasteiger partial charge on any atom is 0.327 e. The van der Waals surface area contributed by atoms with Gasteiger partial charge in [-0.1, -0.05) is 13.8 Å². The van der Waals surface area contributed by atoms with Crippen molar-refractivity contribution in [3.8, 4) is 0 Å². The summed E-state index contributed by atoms with van der Waals surface area (Å²) >= 11 is 0. The zero-order valence-electron chi connectivity index (χ0n) is 11.4. The van der Waals surface area contributed by atoms with E-state index in [9.17, 15) is 9.59 Å². The highest BCUT2D eigenvalue weighted by atomic mass is 16.4. The van der Waals surface area contributed by atoms with Gasteiger partial charge >= 0.3 is 5.97 Å². The molecule has 0 bridgehead atoms. The normalized spacial score (nSPS) is 13.2. The number of nitrogens with zero attached hydrogens (tertiary/aromatic N) is 1. The zero-order valence-corrected chi connectivity index (χ0v) is 11.4. The van der Waals surface area contributed by atoms with Crippen molar-refractivity contribution >= 4 is 11.9 Å². The van der Waals surface area contributed by atoms with Crippen LogP contribution in [0.1, 0.15) is 34.6 Å². The van der Waals surface area contributed by atoms with E-state index in [4.69, 9.17) is 5.11 Å². The smallest absolute Gasteiger partial charge is 0.327 e. The van der Waals surface area contributed by atoms with E-state index in [1.54, 1.807) is 0 Å². The number of amides is 1. The lowest BCUT2D eigenvalue weighted by Gasteiger charge is -2.30. The molecule has 0 aromatic heterocycles. The lowest BCUT2D eigenvalue weighted by Crippen LogP contribution is -2.50. The van der Waals surface area contributed by atoms with Crippen molar-refractivity contribution in [3.63, 3.8) is 0 Å². The Morgan fingerprint density at radius 2 is 1.71 bits per heavy atom. The number of hydrogen-bond acceptors (Lipinski definition) is 3. The predicted molar refractivity (Wildman–Crippen MR) is 66.8 cm³/mol. The number of aliphatic carboxylic acids is 1. The van der Waals surface area contributed by atoms with Gasteiger partial charge in [-0.05, 0) is 19.8 Å². The average Bonchev–Trinajstić information content (AvgIpc) is 2.13. The van der Waals surface area contributed by atoms with Crippen LogP contribution in [0.5, 0.6) is 0 Å². The molecule has 0 aromatic rings. The van der Waals surface area contributed by atoms with Crippen LogP contribution in [-0.2, 0) is 9.59 Å². The van der Waals surface area contributed by atoms with Crippen LogP contribution in [0, 0.1) is 5.92 Å². The van der Waals surface area contributed by atoms with Gasteiger partial charge in [0.15, 0.2) is 0 Å². The van der Waals surface area contributed by atoms with Crippen molar-refractivity contribution in [2.75, 3.05) is 13.1 Å². The van der Waals surface area contributed by atoms with Gasteiger partial charge < -0.3 is 10.4 Å². The number of rotatable bonds is 7. The molecule has 17 heavy (non-hydrogen) atoms. The molecule has 0 aromatic carbocycles. The maximum absolute atomic E-state index is 11.0. The van der Waals surface area contributed by atoms with Crippen LogP contribution in [0.4, 0.5) is 0 Å². The molecule has 0 aliphatic carbocycles. The molecule has 1 amide bonds. The second kappa shape index (κ2) is 7.27. The van der Waals surface area contributed by atoms with Gasteiger partial charge in [-0.3, -0.25) is 9.69 Å². The van der Waals surface area contributed by atoms with Crippen LogP contribution in [0.15, 0.2) is 0 Å². The van der Waals surface area contributed by atoms with Gasteiger partial charge in [0, 0.05) is 26.1 Å². The van der Waals surface area contributed by atoms with E-state index in [2.05, 4.69) is 24.1 Å². The van der Waals surface area contributed by atoms with Crippen molar-refractivity contribution < 1.29 is 14.7 Å². The van der Waals surface area contributed by atoms with Crippen LogP contribution in [0.3, 0.4) is 0 Å². The highest BCUT2D eigenvalue weighted by Crippen LogP contribution is 2.05. The average molecular weight is 244 g/mol. The molecule has 0 rings (SSSR count). The molecular weight excluding hydrogens is 220 g/mol. The van der Waals surface area contributed by atoms with Crippen molar-refractivity contribution in [1.29, 1.82) is 0 Å². The number of carbonyl (C=O) groups excluding carboxylic acids is 1. The molecule has 0 spiro atoms. The number of carboxylic acids is 1. The summed E-state index contributed by atoms with van der Waals surface area (Å²) in [5, 5.41) is 11.5. The number of nitrogens with one attached hydrogen (secondary N) is 1. The molecule has 0 saturated carbocycles. The Balaban J connectivity index is 4.56. The van der Waals surface area contributed by atoms with E-state index >= 15 is 0 Å². The molecule has 0 saturated heterocycles. The van der Waals surface area contributed by atoms with Crippen molar-refractivity contribution in [1.82, 2.24) is 10.2 Å². The third-order valence-corrected chi connectivity index (χ3v) is 2.42. The third-order valence-electron chi connectivity index (χ3n) is 2.42. The molecule has 0 radical (unpaired) electrons. The first-order valence-electron chi connectivity index (χ1n) is 5.98. The Hall–Kier alpha value is -1.10. The van der Waals surface area contributed by atoms with Gasteiger partial charge in [0.1, 0.15) is 6.04 Å². The molecule has 1 unspecified atom stereocenters. The second-order valence-electron chi connectivity index (χ2n) is 5.03. The minimum Gasteiger partial charge on any atom is -0.480 e. The summed E-state index contributed by atoms with van der Waals surface area (Å²) in [4.78, 5) is 24.0. The third kappa shape index (κ3) is 6.94. The Morgan fingerprint density at radius 1 is 1.18 bits per heavy atom. The monoisotopic (exact) mass is 244 g/mol. The van der Waals surface area contributed by atoms with Gasteiger partial charge in [-0.2, -0.15) is 0 Å². The summed E-state index contributed by atoms with van der Waals surface area (Å²) in [7, 11) is 0. The minimum atomic E-state index is -0.991. The highest BCUT2D eigenvalue weighted by Gasteiger charge is 2.23. The Kier molecular flexibility index (Phi) is 6.80. The first kappa shape index (κ1) is 15.9. The molecule has 0 heterocycles.